The molecule has 1 aliphatic rings. The molecule has 2 aromatic heterocycles. The number of nitrogens with zero attached hydrogens (tertiary/aromatic N) is 3. The number of fused-ring (bicyclic) bond motifs is 1. The van der Waals surface area contributed by atoms with E-state index in [0.717, 1.165) is 6.26 Å². The van der Waals surface area contributed by atoms with Gasteiger partial charge in [0, 0.05) is 24.7 Å². The van der Waals surface area contributed by atoms with Crippen molar-refractivity contribution < 1.29 is 13.2 Å². The van der Waals surface area contributed by atoms with Crippen molar-refractivity contribution in [2.45, 2.75) is 17.4 Å². The third-order valence-electron chi connectivity index (χ3n) is 4.98. The number of sulfone groups is 1. The summed E-state index contributed by atoms with van der Waals surface area (Å²) >= 11 is 0. The van der Waals surface area contributed by atoms with E-state index in [4.69, 9.17) is 4.74 Å². The normalized spacial score (nSPS) is 19.7. The highest BCUT2D eigenvalue weighted by molar-refractivity contribution is 7.90. The second-order valence-electron chi connectivity index (χ2n) is 6.95. The molecular formula is C19H19N5O4S. The van der Waals surface area contributed by atoms with Crippen molar-refractivity contribution in [1.82, 2.24) is 14.8 Å². The van der Waals surface area contributed by atoms with Crippen LogP contribution in [0.3, 0.4) is 0 Å². The fraction of sp³-hybridized carbons (Fsp3) is 0.316. The Hall–Kier alpha value is -3.16. The van der Waals surface area contributed by atoms with E-state index in [0.29, 0.717) is 42.0 Å². The van der Waals surface area contributed by atoms with Gasteiger partial charge in [-0.15, -0.1) is 0 Å². The highest BCUT2D eigenvalue weighted by atomic mass is 32.2. The fourth-order valence-corrected chi connectivity index (χ4v) is 4.11. The van der Waals surface area contributed by atoms with E-state index in [2.05, 4.69) is 21.5 Å². The summed E-state index contributed by atoms with van der Waals surface area (Å²) in [5.41, 5.74) is 0.873. The Balaban J connectivity index is 1.77. The van der Waals surface area contributed by atoms with E-state index in [1.54, 1.807) is 29.1 Å². The van der Waals surface area contributed by atoms with Gasteiger partial charge in [-0.1, -0.05) is 0 Å². The van der Waals surface area contributed by atoms with Gasteiger partial charge < -0.3 is 15.0 Å². The van der Waals surface area contributed by atoms with Crippen LogP contribution in [-0.2, 0) is 14.6 Å². The zero-order valence-corrected chi connectivity index (χ0v) is 16.4. The first kappa shape index (κ1) is 19.2. The molecule has 2 N–H and O–H groups in total. The molecule has 150 valence electrons. The van der Waals surface area contributed by atoms with E-state index in [-0.39, 0.29) is 22.4 Å². The maximum Gasteiger partial charge on any atom is 0.261 e. The van der Waals surface area contributed by atoms with Crippen LogP contribution < -0.4 is 10.9 Å². The number of aromatic amines is 1. The predicted molar refractivity (Wildman–Crippen MR) is 107 cm³/mol. The molecule has 1 fully saturated rings. The summed E-state index contributed by atoms with van der Waals surface area (Å²) in [6.45, 7) is 0.858. The highest BCUT2D eigenvalue weighted by Gasteiger charge is 2.30. The Morgan fingerprint density at radius 2 is 2.07 bits per heavy atom. The van der Waals surface area contributed by atoms with Gasteiger partial charge in [0.05, 0.1) is 35.0 Å². The third-order valence-corrected chi connectivity index (χ3v) is 6.11. The highest BCUT2D eigenvalue weighted by Crippen LogP contribution is 2.31. The van der Waals surface area contributed by atoms with Crippen molar-refractivity contribution in [2.24, 2.45) is 5.92 Å². The van der Waals surface area contributed by atoms with Crippen LogP contribution in [0.1, 0.15) is 12.5 Å². The number of ether oxygens (including phenoxy) is 1. The van der Waals surface area contributed by atoms with Gasteiger partial charge in [0.1, 0.15) is 5.39 Å². The molecule has 3 heterocycles. The van der Waals surface area contributed by atoms with Crippen LogP contribution in [0.15, 0.2) is 46.2 Å². The van der Waals surface area contributed by atoms with Gasteiger partial charge in [0.15, 0.2) is 15.7 Å². The first-order valence-corrected chi connectivity index (χ1v) is 10.9. The van der Waals surface area contributed by atoms with E-state index in [1.165, 1.54) is 12.1 Å². The number of anilines is 2. The molecule has 1 saturated heterocycles. The van der Waals surface area contributed by atoms with Gasteiger partial charge in [0.2, 0.25) is 0 Å². The number of aromatic nitrogens is 3. The lowest BCUT2D eigenvalue weighted by Gasteiger charge is -2.27. The predicted octanol–water partition coefficient (Wildman–Crippen LogP) is 1.97. The molecule has 0 bridgehead atoms. The van der Waals surface area contributed by atoms with E-state index in [1.807, 2.05) is 0 Å². The van der Waals surface area contributed by atoms with Gasteiger partial charge in [-0.3, -0.25) is 9.48 Å². The minimum absolute atomic E-state index is 0.201. The van der Waals surface area contributed by atoms with Crippen LogP contribution in [0, 0.1) is 17.2 Å². The molecule has 29 heavy (non-hydrogen) atoms. The van der Waals surface area contributed by atoms with E-state index < -0.39 is 9.84 Å². The number of nitrogens with one attached hydrogen (secondary N) is 2. The van der Waals surface area contributed by atoms with Gasteiger partial charge >= 0.3 is 0 Å². The minimum atomic E-state index is -3.30. The Morgan fingerprint density at radius 3 is 2.76 bits per heavy atom. The monoisotopic (exact) mass is 413 g/mol. The molecule has 10 heteroatoms. The van der Waals surface area contributed by atoms with Gasteiger partial charge in [-0.25, -0.2) is 8.42 Å². The molecule has 1 aliphatic heterocycles. The fourth-order valence-electron chi connectivity index (χ4n) is 3.48. The maximum atomic E-state index is 12.5. The molecule has 4 rings (SSSR count). The quantitative estimate of drug-likeness (QED) is 0.669. The number of benzene rings is 1. The van der Waals surface area contributed by atoms with Crippen molar-refractivity contribution in [3.05, 3.63) is 46.9 Å². The number of hydrogen-bond acceptors (Lipinski definition) is 7. The molecule has 0 aliphatic carbocycles. The lowest BCUT2D eigenvalue weighted by molar-refractivity contribution is 0.0359. The summed E-state index contributed by atoms with van der Waals surface area (Å²) in [7, 11) is -3.30. The average Bonchev–Trinajstić information content (AvgIpc) is 3.07. The standard InChI is InChI=1S/C19H19N5O4S/c1-29(26,27)14-4-2-13(3-5-14)22-18-17-15(6-8-21-19(17)25)24(23-18)16-11-28-9-7-12(16)10-20/h2-6,8,12,16H,7,9,11H2,1H3,(H,21,25)(H,22,23)/t12-,16?/m0/s1. The summed E-state index contributed by atoms with van der Waals surface area (Å²) in [6.07, 6.45) is 3.28. The number of H-pyrrole nitrogens is 1. The summed E-state index contributed by atoms with van der Waals surface area (Å²) < 4.78 is 30.5. The van der Waals surface area contributed by atoms with Gasteiger partial charge in [-0.2, -0.15) is 10.4 Å². The second-order valence-corrected chi connectivity index (χ2v) is 8.96. The number of pyridine rings is 1. The van der Waals surface area contributed by atoms with Crippen LogP contribution in [0.2, 0.25) is 0 Å². The van der Waals surface area contributed by atoms with Crippen LogP contribution in [0.25, 0.3) is 10.9 Å². The minimum Gasteiger partial charge on any atom is -0.379 e. The van der Waals surface area contributed by atoms with Crippen LogP contribution >= 0.6 is 0 Å². The summed E-state index contributed by atoms with van der Waals surface area (Å²) in [4.78, 5) is 15.3. The second kappa shape index (κ2) is 7.35. The molecule has 2 atom stereocenters. The maximum absolute atomic E-state index is 12.5. The average molecular weight is 413 g/mol. The molecule has 9 nitrogen and oxygen atoms in total. The molecule has 0 amide bonds. The zero-order chi connectivity index (χ0) is 20.6. The molecule has 0 spiro atoms. The first-order valence-electron chi connectivity index (χ1n) is 9.03. The topological polar surface area (TPSA) is 130 Å². The molecule has 1 aromatic carbocycles. The number of rotatable bonds is 4. The van der Waals surface area contributed by atoms with Crippen molar-refractivity contribution in [3.63, 3.8) is 0 Å². The summed E-state index contributed by atoms with van der Waals surface area (Å²) in [5.74, 6) is 0.0595. The molecule has 0 saturated carbocycles. The Bertz CT molecular complexity index is 1250. The van der Waals surface area contributed by atoms with E-state index >= 15 is 0 Å². The zero-order valence-electron chi connectivity index (χ0n) is 15.6. The molecule has 1 unspecified atom stereocenters. The number of hydrogen-bond donors (Lipinski definition) is 2. The van der Waals surface area contributed by atoms with Crippen LogP contribution in [-0.4, -0.2) is 42.7 Å². The molecule has 3 aromatic rings. The lowest BCUT2D eigenvalue weighted by atomic mass is 9.96. The van der Waals surface area contributed by atoms with Crippen molar-refractivity contribution >= 4 is 32.2 Å². The lowest BCUT2D eigenvalue weighted by Crippen LogP contribution is -2.30. The number of nitriles is 1. The van der Waals surface area contributed by atoms with Crippen LogP contribution in [0.5, 0.6) is 0 Å². The summed E-state index contributed by atoms with van der Waals surface area (Å²) in [5, 5.41) is 17.5. The Kier molecular flexibility index (Phi) is 4.86. The summed E-state index contributed by atoms with van der Waals surface area (Å²) in [6, 6.07) is 9.94. The Morgan fingerprint density at radius 1 is 1.31 bits per heavy atom. The first-order chi connectivity index (χ1) is 13.9. The van der Waals surface area contributed by atoms with Crippen molar-refractivity contribution in [2.75, 3.05) is 24.8 Å². The Labute approximate surface area is 166 Å². The largest absolute Gasteiger partial charge is 0.379 e. The van der Waals surface area contributed by atoms with Crippen molar-refractivity contribution in [3.8, 4) is 6.07 Å². The van der Waals surface area contributed by atoms with Gasteiger partial charge in [-0.05, 0) is 36.8 Å². The van der Waals surface area contributed by atoms with Crippen molar-refractivity contribution in [1.29, 1.82) is 5.26 Å². The SMILES string of the molecule is CS(=O)(=O)c1ccc(Nc2nn(C3COCC[C@H]3C#N)c3cc[nH]c(=O)c23)cc1. The third kappa shape index (κ3) is 3.62. The van der Waals surface area contributed by atoms with E-state index in [9.17, 15) is 18.5 Å². The molecular weight excluding hydrogens is 394 g/mol. The molecule has 0 radical (unpaired) electrons. The van der Waals surface area contributed by atoms with Gasteiger partial charge in [0.25, 0.3) is 5.56 Å². The smallest absolute Gasteiger partial charge is 0.261 e. The van der Waals surface area contributed by atoms with Crippen LogP contribution in [0.4, 0.5) is 11.5 Å².